The number of hydrogen-bond acceptors (Lipinski definition) is 6. The normalized spacial score (nSPS) is 11.9. The first-order chi connectivity index (χ1) is 14.9. The number of allylic oxidation sites excluding steroid dienone is 1. The first kappa shape index (κ1) is 21.8. The summed E-state index contributed by atoms with van der Waals surface area (Å²) in [5.74, 6) is -1.75. The van der Waals surface area contributed by atoms with E-state index >= 15 is 0 Å². The molecule has 0 aliphatic heterocycles. The van der Waals surface area contributed by atoms with Crippen LogP contribution >= 0.6 is 0 Å². The molecule has 0 bridgehead atoms. The van der Waals surface area contributed by atoms with Gasteiger partial charge in [0.2, 0.25) is 0 Å². The van der Waals surface area contributed by atoms with Gasteiger partial charge in [0.1, 0.15) is 17.3 Å². The molecule has 8 heteroatoms. The zero-order valence-electron chi connectivity index (χ0n) is 16.4. The summed E-state index contributed by atoms with van der Waals surface area (Å²) < 4.78 is 24.3. The summed E-state index contributed by atoms with van der Waals surface area (Å²) in [6, 6.07) is 15.4. The lowest BCUT2D eigenvalue weighted by molar-refractivity contribution is -0.991. The molecule has 31 heavy (non-hydrogen) atoms. The Morgan fingerprint density at radius 3 is 2.55 bits per heavy atom. The van der Waals surface area contributed by atoms with Crippen LogP contribution in [0.1, 0.15) is 26.3 Å². The molecule has 0 aromatic heterocycles. The van der Waals surface area contributed by atoms with Gasteiger partial charge in [0.05, 0.1) is 18.2 Å². The average molecular weight is 423 g/mol. The minimum atomic E-state index is -1.20. The highest BCUT2D eigenvalue weighted by atomic mass is 19.1. The summed E-state index contributed by atoms with van der Waals surface area (Å²) in [6.45, 7) is 0. The quantitative estimate of drug-likeness (QED) is 0.199. The summed E-state index contributed by atoms with van der Waals surface area (Å²) in [5, 5.41) is 19.0. The van der Waals surface area contributed by atoms with Crippen molar-refractivity contribution in [3.05, 3.63) is 101 Å². The molecule has 0 spiro atoms. The second-order valence-corrected chi connectivity index (χ2v) is 6.36. The van der Waals surface area contributed by atoms with Gasteiger partial charge in [0.25, 0.3) is 0 Å². The molecular formula is C23H18FNO6. The van der Waals surface area contributed by atoms with E-state index in [0.29, 0.717) is 11.3 Å². The van der Waals surface area contributed by atoms with Crippen molar-refractivity contribution in [3.8, 4) is 11.5 Å². The van der Waals surface area contributed by atoms with Crippen LogP contribution in [0.2, 0.25) is 0 Å². The molecular weight excluding hydrogens is 405 g/mol. The SMILES string of the molecule is COc1ccccc1C=CC(=O)c1cc(F)ccc1OC(=O)c1cccc([NH+]([O-])O)c1. The maximum atomic E-state index is 13.8. The molecule has 7 nitrogen and oxygen atoms in total. The van der Waals surface area contributed by atoms with E-state index in [4.69, 9.17) is 14.7 Å². The average Bonchev–Trinajstić information content (AvgIpc) is 2.78. The van der Waals surface area contributed by atoms with E-state index in [1.807, 2.05) is 0 Å². The number of methoxy groups -OCH3 is 1. The zero-order chi connectivity index (χ0) is 22.4. The number of ether oxygens (including phenoxy) is 2. The molecule has 0 radical (unpaired) electrons. The number of ketones is 1. The maximum Gasteiger partial charge on any atom is 0.343 e. The zero-order valence-corrected chi connectivity index (χ0v) is 16.4. The molecule has 3 aromatic carbocycles. The number of esters is 1. The smallest absolute Gasteiger partial charge is 0.343 e. The predicted molar refractivity (Wildman–Crippen MR) is 110 cm³/mol. The van der Waals surface area contributed by atoms with Crippen molar-refractivity contribution in [3.63, 3.8) is 0 Å². The van der Waals surface area contributed by atoms with Crippen LogP contribution in [0, 0.1) is 11.0 Å². The van der Waals surface area contributed by atoms with Gasteiger partial charge in [-0.05, 0) is 42.5 Å². The van der Waals surface area contributed by atoms with Crippen LogP contribution in [0.15, 0.2) is 72.8 Å². The molecule has 0 saturated heterocycles. The number of carbonyl (C=O) groups excluding carboxylic acids is 2. The van der Waals surface area contributed by atoms with E-state index in [2.05, 4.69) is 0 Å². The first-order valence-corrected chi connectivity index (χ1v) is 9.09. The van der Waals surface area contributed by atoms with Gasteiger partial charge < -0.3 is 14.7 Å². The van der Waals surface area contributed by atoms with Gasteiger partial charge in [-0.25, -0.2) is 14.4 Å². The third kappa shape index (κ3) is 5.40. The van der Waals surface area contributed by atoms with Gasteiger partial charge in [0, 0.05) is 17.7 Å². The fourth-order valence-corrected chi connectivity index (χ4v) is 2.78. The Morgan fingerprint density at radius 1 is 1.03 bits per heavy atom. The highest BCUT2D eigenvalue weighted by Gasteiger charge is 2.17. The summed E-state index contributed by atoms with van der Waals surface area (Å²) in [5.41, 5.74) is 0.365. The number of benzene rings is 3. The van der Waals surface area contributed by atoms with Crippen molar-refractivity contribution in [2.45, 2.75) is 0 Å². The molecule has 0 aliphatic rings. The molecule has 3 rings (SSSR count). The predicted octanol–water partition coefficient (Wildman–Crippen LogP) is 3.35. The van der Waals surface area contributed by atoms with Crippen LogP contribution in [-0.2, 0) is 0 Å². The number of carbonyl (C=O) groups is 2. The molecule has 0 aliphatic carbocycles. The molecule has 1 unspecified atom stereocenters. The standard InChI is InChI=1S/C23H18FNO6/c1-30-21-8-3-2-5-15(21)9-11-20(26)19-14-17(24)10-12-22(19)31-23(27)16-6-4-7-18(13-16)25(28)29/h2-14,25,28H,1H3. The third-order valence-electron chi connectivity index (χ3n) is 4.31. The fraction of sp³-hybridized carbons (Fsp3) is 0.0435. The molecule has 0 heterocycles. The van der Waals surface area contributed by atoms with Crippen LogP contribution in [-0.4, -0.2) is 24.1 Å². The molecule has 0 amide bonds. The fourth-order valence-electron chi connectivity index (χ4n) is 2.78. The van der Waals surface area contributed by atoms with Crippen molar-refractivity contribution in [2.75, 3.05) is 7.11 Å². The lowest BCUT2D eigenvalue weighted by atomic mass is 10.1. The van der Waals surface area contributed by atoms with Gasteiger partial charge >= 0.3 is 5.97 Å². The Morgan fingerprint density at radius 2 is 1.81 bits per heavy atom. The molecule has 0 saturated carbocycles. The lowest BCUT2D eigenvalue weighted by Crippen LogP contribution is -2.99. The molecule has 1 atom stereocenters. The van der Waals surface area contributed by atoms with Crippen LogP contribution in [0.25, 0.3) is 6.08 Å². The number of para-hydroxylation sites is 1. The minimum absolute atomic E-state index is 0.0211. The van der Waals surface area contributed by atoms with Crippen LogP contribution in [0.3, 0.4) is 0 Å². The molecule has 0 fully saturated rings. The number of nitrogens with one attached hydrogen (secondary N) is 1. The van der Waals surface area contributed by atoms with Crippen molar-refractivity contribution in [1.29, 1.82) is 0 Å². The molecule has 2 N–H and O–H groups in total. The van der Waals surface area contributed by atoms with Gasteiger partial charge in [-0.3, -0.25) is 4.79 Å². The summed E-state index contributed by atoms with van der Waals surface area (Å²) in [6.07, 6.45) is 2.73. The topological polar surface area (TPSA) is 100 Å². The number of rotatable bonds is 7. The molecule has 158 valence electrons. The van der Waals surface area contributed by atoms with E-state index in [-0.39, 0.29) is 22.6 Å². The van der Waals surface area contributed by atoms with Crippen molar-refractivity contribution in [2.24, 2.45) is 0 Å². The lowest BCUT2D eigenvalue weighted by Gasteiger charge is -2.12. The highest BCUT2D eigenvalue weighted by Crippen LogP contribution is 2.24. The number of quaternary nitrogens is 1. The Labute approximate surface area is 177 Å². The van der Waals surface area contributed by atoms with E-state index in [1.165, 1.54) is 43.5 Å². The number of halogens is 1. The Bertz CT molecular complexity index is 1140. The Hall–Kier alpha value is -3.85. The van der Waals surface area contributed by atoms with Crippen LogP contribution < -0.4 is 14.7 Å². The van der Waals surface area contributed by atoms with Crippen molar-refractivity contribution < 1.29 is 33.9 Å². The van der Waals surface area contributed by atoms with Crippen LogP contribution in [0.5, 0.6) is 11.5 Å². The third-order valence-corrected chi connectivity index (χ3v) is 4.31. The van der Waals surface area contributed by atoms with E-state index in [0.717, 1.165) is 18.2 Å². The van der Waals surface area contributed by atoms with Crippen molar-refractivity contribution in [1.82, 2.24) is 0 Å². The van der Waals surface area contributed by atoms with Gasteiger partial charge in [-0.2, -0.15) is 5.23 Å². The van der Waals surface area contributed by atoms with Gasteiger partial charge in [0.15, 0.2) is 11.5 Å². The summed E-state index contributed by atoms with van der Waals surface area (Å²) in [7, 11) is 1.50. The van der Waals surface area contributed by atoms with E-state index < -0.39 is 22.8 Å². The number of hydrogen-bond donors (Lipinski definition) is 2. The Balaban J connectivity index is 1.87. The van der Waals surface area contributed by atoms with E-state index in [9.17, 15) is 19.2 Å². The second kappa shape index (κ2) is 9.77. The maximum absolute atomic E-state index is 13.8. The monoisotopic (exact) mass is 423 g/mol. The highest BCUT2D eigenvalue weighted by molar-refractivity contribution is 6.09. The van der Waals surface area contributed by atoms with Crippen LogP contribution in [0.4, 0.5) is 10.1 Å². The minimum Gasteiger partial charge on any atom is -0.595 e. The molecule has 3 aromatic rings. The van der Waals surface area contributed by atoms with Gasteiger partial charge in [-0.15, -0.1) is 0 Å². The summed E-state index contributed by atoms with van der Waals surface area (Å²) in [4.78, 5) is 25.1. The first-order valence-electron chi connectivity index (χ1n) is 9.09. The summed E-state index contributed by atoms with van der Waals surface area (Å²) >= 11 is 0. The van der Waals surface area contributed by atoms with Gasteiger partial charge in [-0.1, -0.05) is 24.3 Å². The largest absolute Gasteiger partial charge is 0.595 e. The Kier molecular flexibility index (Phi) is 6.88. The van der Waals surface area contributed by atoms with Crippen molar-refractivity contribution >= 4 is 23.5 Å². The van der Waals surface area contributed by atoms with E-state index in [1.54, 1.807) is 24.3 Å². The second-order valence-electron chi connectivity index (χ2n) is 6.36.